The number of benzene rings is 1. The van der Waals surface area contributed by atoms with Gasteiger partial charge in [-0.25, -0.2) is 4.79 Å². The van der Waals surface area contributed by atoms with E-state index in [1.165, 1.54) is 0 Å². The van der Waals surface area contributed by atoms with Gasteiger partial charge in [0.1, 0.15) is 5.75 Å². The maximum atomic E-state index is 11.3. The Morgan fingerprint density at radius 3 is 2.55 bits per heavy atom. The molecule has 0 spiro atoms. The summed E-state index contributed by atoms with van der Waals surface area (Å²) >= 11 is 6.14. The standard InChI is InChI=1S/C16H23ClO3/c1-5-6-7-14(16(18)19)20-15-8-11(4)13(17)9-12(15)10(2)3/h8-10,14H,5-7H2,1-4H3,(H,18,19). The van der Waals surface area contributed by atoms with Crippen molar-refractivity contribution in [2.45, 2.75) is 59.0 Å². The molecule has 4 heteroatoms. The van der Waals surface area contributed by atoms with Crippen molar-refractivity contribution in [3.63, 3.8) is 0 Å². The van der Waals surface area contributed by atoms with Gasteiger partial charge in [0.2, 0.25) is 0 Å². The average molecular weight is 299 g/mol. The number of aryl methyl sites for hydroxylation is 1. The van der Waals surface area contributed by atoms with E-state index < -0.39 is 12.1 Å². The van der Waals surface area contributed by atoms with Gasteiger partial charge in [-0.15, -0.1) is 0 Å². The lowest BCUT2D eigenvalue weighted by atomic mass is 10.0. The Bertz CT molecular complexity index is 469. The van der Waals surface area contributed by atoms with E-state index in [1.807, 2.05) is 39.8 Å². The number of hydrogen-bond donors (Lipinski definition) is 1. The first kappa shape index (κ1) is 16.8. The fourth-order valence-corrected chi connectivity index (χ4v) is 2.17. The minimum absolute atomic E-state index is 0.226. The summed E-state index contributed by atoms with van der Waals surface area (Å²) in [5, 5.41) is 9.95. The maximum absolute atomic E-state index is 11.3. The highest BCUT2D eigenvalue weighted by molar-refractivity contribution is 6.31. The van der Waals surface area contributed by atoms with Crippen LogP contribution in [0.2, 0.25) is 5.02 Å². The number of hydrogen-bond acceptors (Lipinski definition) is 2. The average Bonchev–Trinajstić information content (AvgIpc) is 2.37. The number of carbonyl (C=O) groups is 1. The van der Waals surface area contributed by atoms with Crippen LogP contribution in [0.3, 0.4) is 0 Å². The van der Waals surface area contributed by atoms with E-state index >= 15 is 0 Å². The Labute approximate surface area is 125 Å². The van der Waals surface area contributed by atoms with Crippen molar-refractivity contribution in [3.05, 3.63) is 28.3 Å². The third kappa shape index (κ3) is 4.41. The smallest absolute Gasteiger partial charge is 0.344 e. The Kier molecular flexibility index (Phi) is 6.34. The number of carboxylic acids is 1. The zero-order chi connectivity index (χ0) is 15.3. The molecule has 0 bridgehead atoms. The Hall–Kier alpha value is -1.22. The number of rotatable bonds is 7. The van der Waals surface area contributed by atoms with Gasteiger partial charge in [0.05, 0.1) is 0 Å². The zero-order valence-corrected chi connectivity index (χ0v) is 13.3. The molecule has 0 aliphatic rings. The van der Waals surface area contributed by atoms with Crippen molar-refractivity contribution in [1.29, 1.82) is 0 Å². The lowest BCUT2D eigenvalue weighted by molar-refractivity contribution is -0.145. The second-order valence-electron chi connectivity index (χ2n) is 5.38. The minimum Gasteiger partial charge on any atom is -0.479 e. The molecule has 0 aliphatic heterocycles. The van der Waals surface area contributed by atoms with Crippen molar-refractivity contribution in [3.8, 4) is 5.75 Å². The Balaban J connectivity index is 3.04. The van der Waals surface area contributed by atoms with Crippen molar-refractivity contribution in [2.75, 3.05) is 0 Å². The Morgan fingerprint density at radius 2 is 2.05 bits per heavy atom. The summed E-state index contributed by atoms with van der Waals surface area (Å²) < 4.78 is 5.75. The van der Waals surface area contributed by atoms with Crippen molar-refractivity contribution in [1.82, 2.24) is 0 Å². The molecule has 0 saturated carbocycles. The quantitative estimate of drug-likeness (QED) is 0.787. The number of aliphatic carboxylic acids is 1. The molecule has 1 unspecified atom stereocenters. The lowest BCUT2D eigenvalue weighted by Crippen LogP contribution is -2.27. The fourth-order valence-electron chi connectivity index (χ4n) is 2.00. The predicted molar refractivity (Wildman–Crippen MR) is 81.9 cm³/mol. The molecule has 112 valence electrons. The molecule has 20 heavy (non-hydrogen) atoms. The van der Waals surface area contributed by atoms with Crippen LogP contribution >= 0.6 is 11.6 Å². The molecular weight excluding hydrogens is 276 g/mol. The van der Waals surface area contributed by atoms with Gasteiger partial charge in [-0.3, -0.25) is 0 Å². The fraction of sp³-hybridized carbons (Fsp3) is 0.562. The van der Waals surface area contributed by atoms with E-state index in [2.05, 4.69) is 0 Å². The molecule has 1 aromatic carbocycles. The van der Waals surface area contributed by atoms with Crippen LogP contribution in [-0.4, -0.2) is 17.2 Å². The van der Waals surface area contributed by atoms with Crippen molar-refractivity contribution >= 4 is 17.6 Å². The second-order valence-corrected chi connectivity index (χ2v) is 5.79. The predicted octanol–water partition coefficient (Wildman–Crippen LogP) is 4.79. The van der Waals surface area contributed by atoms with Gasteiger partial charge in [-0.1, -0.05) is 38.8 Å². The largest absolute Gasteiger partial charge is 0.479 e. The van der Waals surface area contributed by atoms with Crippen LogP contribution < -0.4 is 4.74 Å². The topological polar surface area (TPSA) is 46.5 Å². The molecular formula is C16H23ClO3. The maximum Gasteiger partial charge on any atom is 0.344 e. The normalized spacial score (nSPS) is 12.5. The summed E-state index contributed by atoms with van der Waals surface area (Å²) in [6, 6.07) is 3.70. The number of carboxylic acid groups (broad SMARTS) is 1. The molecule has 0 fully saturated rings. The van der Waals surface area contributed by atoms with Crippen LogP contribution in [0.15, 0.2) is 12.1 Å². The molecule has 1 N–H and O–H groups in total. The number of halogens is 1. The van der Waals surface area contributed by atoms with Crippen LogP contribution in [0, 0.1) is 6.92 Å². The first-order valence-corrected chi connectivity index (χ1v) is 7.44. The summed E-state index contributed by atoms with van der Waals surface area (Å²) in [5.41, 5.74) is 1.84. The van der Waals surface area contributed by atoms with Gasteiger partial charge in [0, 0.05) is 5.02 Å². The summed E-state index contributed by atoms with van der Waals surface area (Å²) in [7, 11) is 0. The van der Waals surface area contributed by atoms with E-state index in [1.54, 1.807) is 0 Å². The van der Waals surface area contributed by atoms with E-state index in [0.717, 1.165) is 24.0 Å². The summed E-state index contributed by atoms with van der Waals surface area (Å²) in [5.74, 6) is -0.0603. The van der Waals surface area contributed by atoms with Crippen LogP contribution in [0.1, 0.15) is 57.1 Å². The van der Waals surface area contributed by atoms with Gasteiger partial charge in [0.15, 0.2) is 6.10 Å². The molecule has 0 aromatic heterocycles. The SMILES string of the molecule is CCCCC(Oc1cc(C)c(Cl)cc1C(C)C)C(=O)O. The number of unbranched alkanes of at least 4 members (excludes halogenated alkanes) is 1. The monoisotopic (exact) mass is 298 g/mol. The molecule has 1 atom stereocenters. The summed E-state index contributed by atoms with van der Waals surface area (Å²) in [6.45, 7) is 8.00. The molecule has 3 nitrogen and oxygen atoms in total. The summed E-state index contributed by atoms with van der Waals surface area (Å²) in [6.07, 6.45) is 1.50. The first-order valence-electron chi connectivity index (χ1n) is 7.06. The molecule has 0 aliphatic carbocycles. The van der Waals surface area contributed by atoms with Gasteiger partial charge in [-0.2, -0.15) is 0 Å². The van der Waals surface area contributed by atoms with Crippen LogP contribution in [0.5, 0.6) is 5.75 Å². The van der Waals surface area contributed by atoms with Crippen molar-refractivity contribution in [2.24, 2.45) is 0 Å². The van der Waals surface area contributed by atoms with Crippen LogP contribution in [-0.2, 0) is 4.79 Å². The highest BCUT2D eigenvalue weighted by Crippen LogP contribution is 2.33. The lowest BCUT2D eigenvalue weighted by Gasteiger charge is -2.20. The van der Waals surface area contributed by atoms with Gasteiger partial charge in [-0.05, 0) is 48.9 Å². The van der Waals surface area contributed by atoms with Crippen LogP contribution in [0.4, 0.5) is 0 Å². The zero-order valence-electron chi connectivity index (χ0n) is 12.6. The van der Waals surface area contributed by atoms with E-state index in [9.17, 15) is 9.90 Å². The minimum atomic E-state index is -0.916. The first-order chi connectivity index (χ1) is 9.36. The molecule has 1 rings (SSSR count). The van der Waals surface area contributed by atoms with Gasteiger partial charge >= 0.3 is 5.97 Å². The van der Waals surface area contributed by atoms with Gasteiger partial charge in [0.25, 0.3) is 0 Å². The molecule has 1 aromatic rings. The highest BCUT2D eigenvalue weighted by Gasteiger charge is 2.21. The van der Waals surface area contributed by atoms with E-state index in [4.69, 9.17) is 16.3 Å². The van der Waals surface area contributed by atoms with Crippen LogP contribution in [0.25, 0.3) is 0 Å². The van der Waals surface area contributed by atoms with E-state index in [0.29, 0.717) is 17.2 Å². The van der Waals surface area contributed by atoms with Crippen molar-refractivity contribution < 1.29 is 14.6 Å². The molecule has 0 radical (unpaired) electrons. The molecule has 0 heterocycles. The third-order valence-electron chi connectivity index (χ3n) is 3.28. The molecule has 0 saturated heterocycles. The second kappa shape index (κ2) is 7.53. The molecule has 0 amide bonds. The third-order valence-corrected chi connectivity index (χ3v) is 3.68. The summed E-state index contributed by atoms with van der Waals surface area (Å²) in [4.78, 5) is 11.3. The van der Waals surface area contributed by atoms with E-state index in [-0.39, 0.29) is 5.92 Å². The van der Waals surface area contributed by atoms with Gasteiger partial charge < -0.3 is 9.84 Å². The highest BCUT2D eigenvalue weighted by atomic mass is 35.5. The Morgan fingerprint density at radius 1 is 1.40 bits per heavy atom. The number of ether oxygens (including phenoxy) is 1.